The molecule has 0 saturated carbocycles. The number of aromatic nitrogens is 3. The second kappa shape index (κ2) is 4.42. The first-order valence-corrected chi connectivity index (χ1v) is 6.29. The minimum atomic E-state index is -4.04. The number of aromatic amines is 1. The van der Waals surface area contributed by atoms with Crippen molar-refractivity contribution in [2.24, 2.45) is 5.14 Å². The standard InChI is InChI=1S/C9H8F2N4O2S/c10-6-2-1-3-7(11)5(6)4-8-13-9(15-14-8)18(12,16)17/h1-3H,4H2,(H2,12,16,17)(H,13,14,15). The fourth-order valence-electron chi connectivity index (χ4n) is 1.35. The van der Waals surface area contributed by atoms with E-state index in [9.17, 15) is 17.2 Å². The highest BCUT2D eigenvalue weighted by Crippen LogP contribution is 2.15. The van der Waals surface area contributed by atoms with Crippen LogP contribution in [0.15, 0.2) is 23.4 Å². The van der Waals surface area contributed by atoms with Crippen LogP contribution in [0.2, 0.25) is 0 Å². The number of hydrogen-bond donors (Lipinski definition) is 2. The number of halogens is 2. The molecule has 0 amide bonds. The number of primary sulfonamides is 1. The summed E-state index contributed by atoms with van der Waals surface area (Å²) in [5.41, 5.74) is -0.227. The Balaban J connectivity index is 2.33. The molecule has 0 bridgehead atoms. The van der Waals surface area contributed by atoms with Crippen LogP contribution in [0, 0.1) is 11.6 Å². The van der Waals surface area contributed by atoms with Crippen LogP contribution in [0.4, 0.5) is 8.78 Å². The Morgan fingerprint density at radius 1 is 1.28 bits per heavy atom. The summed E-state index contributed by atoms with van der Waals surface area (Å²) in [5.74, 6) is -1.49. The van der Waals surface area contributed by atoms with E-state index in [0.29, 0.717) is 0 Å². The zero-order valence-electron chi connectivity index (χ0n) is 8.89. The quantitative estimate of drug-likeness (QED) is 0.841. The number of hydrogen-bond acceptors (Lipinski definition) is 4. The lowest BCUT2D eigenvalue weighted by Gasteiger charge is -2.01. The van der Waals surface area contributed by atoms with Gasteiger partial charge >= 0.3 is 0 Å². The van der Waals surface area contributed by atoms with E-state index in [1.54, 1.807) is 0 Å². The van der Waals surface area contributed by atoms with Crippen molar-refractivity contribution < 1.29 is 17.2 Å². The molecule has 96 valence electrons. The monoisotopic (exact) mass is 274 g/mol. The Bertz CT molecular complexity index is 663. The molecular weight excluding hydrogens is 266 g/mol. The van der Waals surface area contributed by atoms with Crippen LogP contribution in [-0.4, -0.2) is 23.6 Å². The van der Waals surface area contributed by atoms with Gasteiger partial charge in [0.05, 0.1) is 0 Å². The summed E-state index contributed by atoms with van der Waals surface area (Å²) in [6, 6.07) is 3.41. The summed E-state index contributed by atoms with van der Waals surface area (Å²) in [6.07, 6.45) is -0.249. The largest absolute Gasteiger partial charge is 0.282 e. The highest BCUT2D eigenvalue weighted by atomic mass is 32.2. The van der Waals surface area contributed by atoms with E-state index in [1.807, 2.05) is 0 Å². The van der Waals surface area contributed by atoms with E-state index in [1.165, 1.54) is 6.07 Å². The lowest BCUT2D eigenvalue weighted by Crippen LogP contribution is -2.14. The lowest BCUT2D eigenvalue weighted by molar-refractivity contribution is 0.559. The Labute approximate surface area is 101 Å². The number of H-pyrrole nitrogens is 1. The second-order valence-corrected chi connectivity index (χ2v) is 4.94. The van der Waals surface area contributed by atoms with E-state index in [0.717, 1.165) is 12.1 Å². The summed E-state index contributed by atoms with van der Waals surface area (Å²) in [6.45, 7) is 0. The van der Waals surface area contributed by atoms with Gasteiger partial charge in [0.25, 0.3) is 15.2 Å². The van der Waals surface area contributed by atoms with Crippen molar-refractivity contribution in [3.8, 4) is 0 Å². The second-order valence-electron chi connectivity index (χ2n) is 3.49. The minimum Gasteiger partial charge on any atom is -0.262 e. The van der Waals surface area contributed by atoms with Crippen LogP contribution in [0.25, 0.3) is 0 Å². The van der Waals surface area contributed by atoms with Crippen LogP contribution in [0.1, 0.15) is 11.4 Å². The molecule has 0 unspecified atom stereocenters. The van der Waals surface area contributed by atoms with Crippen LogP contribution < -0.4 is 5.14 Å². The summed E-state index contributed by atoms with van der Waals surface area (Å²) in [5, 5.41) is 9.80. The normalized spacial score (nSPS) is 11.7. The van der Waals surface area contributed by atoms with Crippen LogP contribution in [0.5, 0.6) is 0 Å². The molecule has 1 heterocycles. The highest BCUT2D eigenvalue weighted by Gasteiger charge is 2.17. The molecule has 0 aliphatic rings. The molecule has 0 aliphatic heterocycles. The fourth-order valence-corrected chi connectivity index (χ4v) is 1.76. The lowest BCUT2D eigenvalue weighted by atomic mass is 10.1. The Hall–Kier alpha value is -1.87. The number of benzene rings is 1. The van der Waals surface area contributed by atoms with Crippen molar-refractivity contribution in [1.29, 1.82) is 0 Å². The maximum atomic E-state index is 13.3. The van der Waals surface area contributed by atoms with Gasteiger partial charge in [0, 0.05) is 12.0 Å². The first-order valence-electron chi connectivity index (χ1n) is 4.75. The molecule has 3 N–H and O–H groups in total. The molecule has 0 atom stereocenters. The van der Waals surface area contributed by atoms with Gasteiger partial charge in [0.2, 0.25) is 0 Å². The third-order valence-electron chi connectivity index (χ3n) is 2.17. The predicted molar refractivity (Wildman–Crippen MR) is 56.9 cm³/mol. The summed E-state index contributed by atoms with van der Waals surface area (Å²) in [4.78, 5) is 3.55. The molecule has 2 aromatic rings. The van der Waals surface area contributed by atoms with Gasteiger partial charge in [-0.15, -0.1) is 5.10 Å². The zero-order valence-corrected chi connectivity index (χ0v) is 9.71. The number of nitrogens with one attached hydrogen (secondary N) is 1. The van der Waals surface area contributed by atoms with Gasteiger partial charge in [-0.2, -0.15) is 0 Å². The van der Waals surface area contributed by atoms with E-state index in [2.05, 4.69) is 15.2 Å². The van der Waals surface area contributed by atoms with Crippen LogP contribution in [0.3, 0.4) is 0 Å². The molecule has 18 heavy (non-hydrogen) atoms. The smallest absolute Gasteiger partial charge is 0.262 e. The summed E-state index contributed by atoms with van der Waals surface area (Å²) in [7, 11) is -4.04. The molecule has 2 rings (SSSR count). The summed E-state index contributed by atoms with van der Waals surface area (Å²) >= 11 is 0. The molecular formula is C9H8F2N4O2S. The van der Waals surface area contributed by atoms with Gasteiger partial charge in [-0.3, -0.25) is 5.10 Å². The molecule has 0 aliphatic carbocycles. The van der Waals surface area contributed by atoms with Gasteiger partial charge < -0.3 is 0 Å². The number of sulfonamides is 1. The molecule has 6 nitrogen and oxygen atoms in total. The number of nitrogens with zero attached hydrogens (tertiary/aromatic N) is 2. The van der Waals surface area contributed by atoms with Crippen LogP contribution >= 0.6 is 0 Å². The Morgan fingerprint density at radius 2 is 1.89 bits per heavy atom. The molecule has 1 aromatic carbocycles. The molecule has 0 saturated heterocycles. The van der Waals surface area contributed by atoms with E-state index in [-0.39, 0.29) is 17.8 Å². The van der Waals surface area contributed by atoms with Crippen molar-refractivity contribution in [3.63, 3.8) is 0 Å². The van der Waals surface area contributed by atoms with Gasteiger partial charge in [0.15, 0.2) is 0 Å². The SMILES string of the molecule is NS(=O)(=O)c1n[nH]c(Cc2c(F)cccc2F)n1. The fraction of sp³-hybridized carbons (Fsp3) is 0.111. The topological polar surface area (TPSA) is 102 Å². The van der Waals surface area contributed by atoms with Crippen molar-refractivity contribution in [2.45, 2.75) is 11.6 Å². The summed E-state index contributed by atoms with van der Waals surface area (Å²) < 4.78 is 48.5. The predicted octanol–water partition coefficient (Wildman–Crippen LogP) is 0.321. The number of nitrogens with two attached hydrogens (primary N) is 1. The minimum absolute atomic E-state index is 0.00280. The van der Waals surface area contributed by atoms with Crippen LogP contribution in [-0.2, 0) is 16.4 Å². The van der Waals surface area contributed by atoms with E-state index in [4.69, 9.17) is 5.14 Å². The average molecular weight is 274 g/mol. The van der Waals surface area contributed by atoms with Gasteiger partial charge in [-0.1, -0.05) is 6.07 Å². The average Bonchev–Trinajstić information content (AvgIpc) is 2.72. The van der Waals surface area contributed by atoms with Crippen molar-refractivity contribution >= 4 is 10.0 Å². The van der Waals surface area contributed by atoms with Crippen molar-refractivity contribution in [1.82, 2.24) is 15.2 Å². The molecule has 1 aromatic heterocycles. The first-order chi connectivity index (χ1) is 8.38. The maximum Gasteiger partial charge on any atom is 0.282 e. The first kappa shape index (κ1) is 12.6. The maximum absolute atomic E-state index is 13.3. The molecule has 0 fully saturated rings. The molecule has 0 radical (unpaired) electrons. The number of rotatable bonds is 3. The van der Waals surface area contributed by atoms with E-state index < -0.39 is 26.8 Å². The molecule has 9 heteroatoms. The van der Waals surface area contributed by atoms with Crippen molar-refractivity contribution in [2.75, 3.05) is 0 Å². The van der Waals surface area contributed by atoms with E-state index >= 15 is 0 Å². The third kappa shape index (κ3) is 2.51. The van der Waals surface area contributed by atoms with Gasteiger partial charge in [-0.25, -0.2) is 27.3 Å². The zero-order chi connectivity index (χ0) is 13.3. The van der Waals surface area contributed by atoms with Crippen molar-refractivity contribution in [3.05, 3.63) is 41.2 Å². The molecule has 0 spiro atoms. The van der Waals surface area contributed by atoms with Gasteiger partial charge in [-0.05, 0) is 12.1 Å². The Morgan fingerprint density at radius 3 is 2.39 bits per heavy atom. The Kier molecular flexibility index (Phi) is 3.09. The van der Waals surface area contributed by atoms with Gasteiger partial charge in [0.1, 0.15) is 17.5 Å². The highest BCUT2D eigenvalue weighted by molar-refractivity contribution is 7.89. The third-order valence-corrected chi connectivity index (χ3v) is 2.86.